The van der Waals surface area contributed by atoms with Crippen molar-refractivity contribution in [3.05, 3.63) is 23.4 Å². The van der Waals surface area contributed by atoms with E-state index < -0.39 is 0 Å². The number of hydrogen-bond acceptors (Lipinski definition) is 3. The average Bonchev–Trinajstić information content (AvgIpc) is 2.76. The van der Waals surface area contributed by atoms with Crippen molar-refractivity contribution in [2.24, 2.45) is 0 Å². The van der Waals surface area contributed by atoms with Gasteiger partial charge in [-0.05, 0) is 37.0 Å². The summed E-state index contributed by atoms with van der Waals surface area (Å²) in [5.74, 6) is 0.990. The molecule has 0 aliphatic carbocycles. The molecule has 1 aliphatic heterocycles. The van der Waals surface area contributed by atoms with E-state index in [1.165, 1.54) is 0 Å². The lowest BCUT2D eigenvalue weighted by molar-refractivity contribution is -0.118. The van der Waals surface area contributed by atoms with E-state index in [4.69, 9.17) is 0 Å². The summed E-state index contributed by atoms with van der Waals surface area (Å²) >= 11 is 0. The summed E-state index contributed by atoms with van der Waals surface area (Å²) in [6, 6.07) is 2.37. The molecule has 4 nitrogen and oxygen atoms in total. The first-order valence-corrected chi connectivity index (χ1v) is 5.98. The molecular formula is C13H19N3O. The number of nitrogens with zero attached hydrogens (tertiary/aromatic N) is 3. The summed E-state index contributed by atoms with van der Waals surface area (Å²) in [6.45, 7) is 2.93. The van der Waals surface area contributed by atoms with E-state index in [0.29, 0.717) is 0 Å². The summed E-state index contributed by atoms with van der Waals surface area (Å²) in [6.07, 6.45) is 4.97. The zero-order chi connectivity index (χ0) is 12.4. The first kappa shape index (κ1) is 11.9. The standard InChI is InChI=1S/C13H19N3O/c1-10-7-11(8-14-13(10)15(2)3)12-5-4-6-16(12)9-17/h7-9,12H,4-6H2,1-3H3. The number of likely N-dealkylation sites (tertiary alicyclic amines) is 1. The van der Waals surface area contributed by atoms with E-state index in [0.717, 1.165) is 42.7 Å². The molecule has 92 valence electrons. The molecule has 0 saturated carbocycles. The Labute approximate surface area is 102 Å². The predicted molar refractivity (Wildman–Crippen MR) is 68.0 cm³/mol. The van der Waals surface area contributed by atoms with Crippen molar-refractivity contribution in [1.82, 2.24) is 9.88 Å². The highest BCUT2D eigenvalue weighted by Crippen LogP contribution is 2.31. The highest BCUT2D eigenvalue weighted by molar-refractivity contribution is 5.51. The van der Waals surface area contributed by atoms with Crippen LogP contribution in [0.1, 0.15) is 30.0 Å². The molecule has 1 aliphatic rings. The lowest BCUT2D eigenvalue weighted by atomic mass is 10.0. The molecule has 4 heteroatoms. The van der Waals surface area contributed by atoms with Crippen molar-refractivity contribution in [3.8, 4) is 0 Å². The molecule has 1 fully saturated rings. The van der Waals surface area contributed by atoms with Crippen LogP contribution < -0.4 is 4.90 Å². The lowest BCUT2D eigenvalue weighted by Gasteiger charge is -2.22. The van der Waals surface area contributed by atoms with Crippen molar-refractivity contribution in [1.29, 1.82) is 0 Å². The Kier molecular flexibility index (Phi) is 3.31. The highest BCUT2D eigenvalue weighted by atomic mass is 16.1. The number of aryl methyl sites for hydroxylation is 1. The van der Waals surface area contributed by atoms with E-state index in [1.807, 2.05) is 30.1 Å². The zero-order valence-electron chi connectivity index (χ0n) is 10.7. The van der Waals surface area contributed by atoms with E-state index in [1.54, 1.807) is 0 Å². The van der Waals surface area contributed by atoms with Crippen LogP contribution in [0.5, 0.6) is 0 Å². The Morgan fingerprint density at radius 1 is 1.53 bits per heavy atom. The first-order valence-electron chi connectivity index (χ1n) is 5.98. The van der Waals surface area contributed by atoms with Crippen LogP contribution in [0.4, 0.5) is 5.82 Å². The summed E-state index contributed by atoms with van der Waals surface area (Å²) in [7, 11) is 3.98. The number of amides is 1. The molecule has 1 aromatic rings. The van der Waals surface area contributed by atoms with Gasteiger partial charge in [-0.3, -0.25) is 4.79 Å². The van der Waals surface area contributed by atoms with Crippen molar-refractivity contribution < 1.29 is 4.79 Å². The number of anilines is 1. The molecule has 1 amide bonds. The fraction of sp³-hybridized carbons (Fsp3) is 0.538. The second-order valence-corrected chi connectivity index (χ2v) is 4.80. The molecule has 2 rings (SSSR count). The van der Waals surface area contributed by atoms with Crippen LogP contribution in [0, 0.1) is 6.92 Å². The molecule has 1 unspecified atom stereocenters. The Hall–Kier alpha value is -1.58. The van der Waals surface area contributed by atoms with Gasteiger partial charge in [0.1, 0.15) is 5.82 Å². The van der Waals surface area contributed by atoms with Gasteiger partial charge in [0.15, 0.2) is 0 Å². The molecule has 0 aromatic carbocycles. The van der Waals surface area contributed by atoms with E-state index in [-0.39, 0.29) is 6.04 Å². The van der Waals surface area contributed by atoms with Crippen LogP contribution in [0.3, 0.4) is 0 Å². The highest BCUT2D eigenvalue weighted by Gasteiger charge is 2.25. The number of carbonyl (C=O) groups is 1. The van der Waals surface area contributed by atoms with Crippen LogP contribution >= 0.6 is 0 Å². The van der Waals surface area contributed by atoms with Gasteiger partial charge in [-0.15, -0.1) is 0 Å². The van der Waals surface area contributed by atoms with Gasteiger partial charge in [-0.2, -0.15) is 0 Å². The fourth-order valence-corrected chi connectivity index (χ4v) is 2.51. The maximum atomic E-state index is 10.9. The topological polar surface area (TPSA) is 36.4 Å². The minimum absolute atomic E-state index is 0.218. The predicted octanol–water partition coefficient (Wildman–Crippen LogP) is 1.75. The maximum absolute atomic E-state index is 10.9. The number of pyridine rings is 1. The number of carbonyl (C=O) groups excluding carboxylic acids is 1. The number of rotatable bonds is 3. The zero-order valence-corrected chi connectivity index (χ0v) is 10.7. The van der Waals surface area contributed by atoms with Crippen molar-refractivity contribution in [2.45, 2.75) is 25.8 Å². The largest absolute Gasteiger partial charge is 0.363 e. The third-order valence-corrected chi connectivity index (χ3v) is 3.31. The van der Waals surface area contributed by atoms with E-state index in [9.17, 15) is 4.79 Å². The fourth-order valence-electron chi connectivity index (χ4n) is 2.51. The van der Waals surface area contributed by atoms with Crippen LogP contribution in [0.25, 0.3) is 0 Å². The normalized spacial score (nSPS) is 19.5. The van der Waals surface area contributed by atoms with Gasteiger partial charge in [0.25, 0.3) is 0 Å². The average molecular weight is 233 g/mol. The first-order chi connectivity index (χ1) is 8.13. The summed E-state index contributed by atoms with van der Waals surface area (Å²) < 4.78 is 0. The Balaban J connectivity index is 2.28. The molecule has 1 saturated heterocycles. The smallest absolute Gasteiger partial charge is 0.210 e. The quantitative estimate of drug-likeness (QED) is 0.746. The number of hydrogen-bond donors (Lipinski definition) is 0. The van der Waals surface area contributed by atoms with Gasteiger partial charge >= 0.3 is 0 Å². The lowest BCUT2D eigenvalue weighted by Crippen LogP contribution is -2.21. The van der Waals surface area contributed by atoms with Gasteiger partial charge in [-0.1, -0.05) is 0 Å². The molecule has 0 radical (unpaired) electrons. The summed E-state index contributed by atoms with van der Waals surface area (Å²) in [5, 5.41) is 0. The molecule has 17 heavy (non-hydrogen) atoms. The minimum Gasteiger partial charge on any atom is -0.363 e. The third-order valence-electron chi connectivity index (χ3n) is 3.31. The SMILES string of the molecule is Cc1cc(C2CCCN2C=O)cnc1N(C)C. The van der Waals surface area contributed by atoms with Gasteiger partial charge in [0.2, 0.25) is 6.41 Å². The molecule has 0 bridgehead atoms. The van der Waals surface area contributed by atoms with Crippen LogP contribution in [0.15, 0.2) is 12.3 Å². The summed E-state index contributed by atoms with van der Waals surface area (Å²) in [4.78, 5) is 19.3. The van der Waals surface area contributed by atoms with Gasteiger partial charge in [0, 0.05) is 26.8 Å². The monoisotopic (exact) mass is 233 g/mol. The van der Waals surface area contributed by atoms with Crippen molar-refractivity contribution in [2.75, 3.05) is 25.5 Å². The second-order valence-electron chi connectivity index (χ2n) is 4.80. The van der Waals surface area contributed by atoms with Gasteiger partial charge in [0.05, 0.1) is 6.04 Å². The van der Waals surface area contributed by atoms with Gasteiger partial charge < -0.3 is 9.80 Å². The summed E-state index contributed by atoms with van der Waals surface area (Å²) in [5.41, 5.74) is 2.31. The molecule has 0 spiro atoms. The van der Waals surface area contributed by atoms with Crippen LogP contribution in [-0.2, 0) is 4.79 Å². The molecule has 0 N–H and O–H groups in total. The maximum Gasteiger partial charge on any atom is 0.210 e. The van der Waals surface area contributed by atoms with Crippen LogP contribution in [-0.4, -0.2) is 36.9 Å². The Bertz CT molecular complexity index is 417. The third kappa shape index (κ3) is 2.25. The van der Waals surface area contributed by atoms with E-state index >= 15 is 0 Å². The van der Waals surface area contributed by atoms with E-state index in [2.05, 4.69) is 18.0 Å². The second kappa shape index (κ2) is 4.73. The van der Waals surface area contributed by atoms with Crippen LogP contribution in [0.2, 0.25) is 0 Å². The molecule has 2 heterocycles. The molecule has 1 atom stereocenters. The van der Waals surface area contributed by atoms with Gasteiger partial charge in [-0.25, -0.2) is 4.98 Å². The number of aromatic nitrogens is 1. The Morgan fingerprint density at radius 2 is 2.29 bits per heavy atom. The van der Waals surface area contributed by atoms with Crippen molar-refractivity contribution in [3.63, 3.8) is 0 Å². The molecule has 1 aromatic heterocycles. The minimum atomic E-state index is 0.218. The molecular weight excluding hydrogens is 214 g/mol. The van der Waals surface area contributed by atoms with Crippen molar-refractivity contribution >= 4 is 12.2 Å². The Morgan fingerprint density at radius 3 is 2.88 bits per heavy atom.